The number of esters is 1. The van der Waals surface area contributed by atoms with Crippen molar-refractivity contribution in [2.24, 2.45) is 5.92 Å². The van der Waals surface area contributed by atoms with E-state index in [0.29, 0.717) is 24.0 Å². The van der Waals surface area contributed by atoms with Crippen molar-refractivity contribution in [3.8, 4) is 5.75 Å². The highest BCUT2D eigenvalue weighted by atomic mass is 19.2. The van der Waals surface area contributed by atoms with Crippen molar-refractivity contribution >= 4 is 11.8 Å². The number of hydrogen-bond acceptors (Lipinski definition) is 2. The Labute approximate surface area is 165 Å². The van der Waals surface area contributed by atoms with Crippen molar-refractivity contribution in [1.29, 1.82) is 0 Å². The predicted molar refractivity (Wildman–Crippen MR) is 97.9 cm³/mol. The summed E-state index contributed by atoms with van der Waals surface area (Å²) in [6, 6.07) is 6.85. The highest BCUT2D eigenvalue weighted by molar-refractivity contribution is 5.94. The molecule has 3 rings (SSSR count). The van der Waals surface area contributed by atoms with E-state index in [1.165, 1.54) is 12.1 Å². The van der Waals surface area contributed by atoms with Crippen molar-refractivity contribution in [1.82, 2.24) is 0 Å². The third-order valence-corrected chi connectivity index (χ3v) is 5.19. The molecule has 29 heavy (non-hydrogen) atoms. The van der Waals surface area contributed by atoms with E-state index >= 15 is 0 Å². The van der Waals surface area contributed by atoms with Gasteiger partial charge in [-0.2, -0.15) is 4.39 Å². The Morgan fingerprint density at radius 1 is 0.931 bits per heavy atom. The van der Waals surface area contributed by atoms with Gasteiger partial charge in [0, 0.05) is 17.7 Å². The fraction of sp³-hybridized carbons (Fsp3) is 0.318. The Morgan fingerprint density at radius 3 is 2.03 bits per heavy atom. The number of carbonyl (C=O) groups excluding carboxylic acids is 1. The molecule has 2 nitrogen and oxygen atoms in total. The maximum absolute atomic E-state index is 14.3. The monoisotopic (exact) mass is 410 g/mol. The van der Waals surface area contributed by atoms with Gasteiger partial charge in [-0.1, -0.05) is 44.0 Å². The second kappa shape index (κ2) is 8.76. The van der Waals surface area contributed by atoms with E-state index in [4.69, 9.17) is 0 Å². The Kier molecular flexibility index (Phi) is 6.35. The van der Waals surface area contributed by atoms with Gasteiger partial charge in [0.1, 0.15) is 5.75 Å². The third kappa shape index (κ3) is 4.83. The van der Waals surface area contributed by atoms with Gasteiger partial charge < -0.3 is 4.74 Å². The molecule has 7 heteroatoms. The van der Waals surface area contributed by atoms with E-state index in [9.17, 15) is 26.7 Å². The van der Waals surface area contributed by atoms with Gasteiger partial charge in [0.25, 0.3) is 0 Å². The molecule has 2 aromatic rings. The largest absolute Gasteiger partial charge is 0.421 e. The van der Waals surface area contributed by atoms with Crippen molar-refractivity contribution in [2.75, 3.05) is 0 Å². The molecule has 1 aliphatic carbocycles. The summed E-state index contributed by atoms with van der Waals surface area (Å²) in [4.78, 5) is 11.7. The zero-order chi connectivity index (χ0) is 21.1. The van der Waals surface area contributed by atoms with Crippen molar-refractivity contribution in [3.63, 3.8) is 0 Å². The molecule has 0 radical (unpaired) electrons. The molecular formula is C22H19F5O2. The van der Waals surface area contributed by atoms with E-state index < -0.39 is 40.8 Å². The SMILES string of the molecule is CC1CCC(c2ccc(/C(F)=C(/F)C(=O)Oc3cc(F)c(F)c(F)c3)cc2)CC1. The van der Waals surface area contributed by atoms with E-state index in [1.54, 1.807) is 12.1 Å². The molecule has 0 amide bonds. The van der Waals surface area contributed by atoms with E-state index in [1.807, 2.05) is 0 Å². The summed E-state index contributed by atoms with van der Waals surface area (Å²) < 4.78 is 72.0. The van der Waals surface area contributed by atoms with Gasteiger partial charge in [-0.15, -0.1) is 0 Å². The summed E-state index contributed by atoms with van der Waals surface area (Å²) in [5.41, 5.74) is 0.859. The van der Waals surface area contributed by atoms with Crippen LogP contribution in [0, 0.1) is 23.4 Å². The summed E-state index contributed by atoms with van der Waals surface area (Å²) in [5.74, 6) is -9.82. The van der Waals surface area contributed by atoms with E-state index in [2.05, 4.69) is 11.7 Å². The van der Waals surface area contributed by atoms with Crippen LogP contribution in [0.15, 0.2) is 42.2 Å². The molecule has 2 aromatic carbocycles. The van der Waals surface area contributed by atoms with Gasteiger partial charge in [0.2, 0.25) is 5.83 Å². The first-order valence-electron chi connectivity index (χ1n) is 9.28. The first kappa shape index (κ1) is 21.0. The van der Waals surface area contributed by atoms with Crippen molar-refractivity contribution in [3.05, 3.63) is 70.8 Å². The summed E-state index contributed by atoms with van der Waals surface area (Å²) in [7, 11) is 0. The standard InChI is InChI=1S/C22H19F5O2/c1-12-2-4-13(5-3-12)14-6-8-15(9-7-14)19(25)21(27)22(28)29-16-10-17(23)20(26)18(24)11-16/h6-13H,2-5H2,1H3/b21-19-. The number of ether oxygens (including phenoxy) is 1. The fourth-order valence-corrected chi connectivity index (χ4v) is 3.45. The molecule has 0 heterocycles. The lowest BCUT2D eigenvalue weighted by Crippen LogP contribution is -2.11. The summed E-state index contributed by atoms with van der Waals surface area (Å²) >= 11 is 0. The molecule has 0 saturated heterocycles. The van der Waals surface area contributed by atoms with Gasteiger partial charge in [0.15, 0.2) is 23.3 Å². The molecule has 0 aromatic heterocycles. The Balaban J connectivity index is 1.73. The van der Waals surface area contributed by atoms with Crippen LogP contribution in [-0.4, -0.2) is 5.97 Å². The second-order valence-electron chi connectivity index (χ2n) is 7.30. The number of benzene rings is 2. The normalized spacial score (nSPS) is 20.2. The van der Waals surface area contributed by atoms with Crippen molar-refractivity contribution in [2.45, 2.75) is 38.5 Å². The molecule has 0 atom stereocenters. The predicted octanol–water partition coefficient (Wildman–Crippen LogP) is 6.61. The zero-order valence-corrected chi connectivity index (χ0v) is 15.7. The van der Waals surface area contributed by atoms with Crippen LogP contribution in [0.5, 0.6) is 5.75 Å². The van der Waals surface area contributed by atoms with Gasteiger partial charge in [-0.25, -0.2) is 22.4 Å². The minimum absolute atomic E-state index is 0.163. The van der Waals surface area contributed by atoms with Crippen LogP contribution in [-0.2, 0) is 4.79 Å². The first-order chi connectivity index (χ1) is 13.8. The smallest absolute Gasteiger partial charge is 0.375 e. The van der Waals surface area contributed by atoms with E-state index in [0.717, 1.165) is 31.2 Å². The lowest BCUT2D eigenvalue weighted by molar-refractivity contribution is -0.131. The highest BCUT2D eigenvalue weighted by Crippen LogP contribution is 2.36. The maximum Gasteiger partial charge on any atom is 0.375 e. The quantitative estimate of drug-likeness (QED) is 0.186. The van der Waals surface area contributed by atoms with Crippen LogP contribution in [0.3, 0.4) is 0 Å². The molecule has 154 valence electrons. The number of hydrogen-bond donors (Lipinski definition) is 0. The Bertz CT molecular complexity index is 906. The van der Waals surface area contributed by atoms with Crippen LogP contribution in [0.2, 0.25) is 0 Å². The molecule has 0 N–H and O–H groups in total. The lowest BCUT2D eigenvalue weighted by atomic mass is 9.79. The average Bonchev–Trinajstić information content (AvgIpc) is 2.71. The summed E-state index contributed by atoms with van der Waals surface area (Å²) in [5, 5.41) is 0. The zero-order valence-electron chi connectivity index (χ0n) is 15.7. The Morgan fingerprint density at radius 2 is 1.48 bits per heavy atom. The molecule has 0 unspecified atom stereocenters. The molecule has 1 fully saturated rings. The molecule has 1 saturated carbocycles. The Hall–Kier alpha value is -2.70. The molecule has 1 aliphatic rings. The number of rotatable bonds is 4. The second-order valence-corrected chi connectivity index (χ2v) is 7.30. The minimum Gasteiger partial charge on any atom is -0.421 e. The molecule has 0 bridgehead atoms. The van der Waals surface area contributed by atoms with Gasteiger partial charge >= 0.3 is 5.97 Å². The van der Waals surface area contributed by atoms with Crippen LogP contribution in [0.25, 0.3) is 5.83 Å². The number of carbonyl (C=O) groups is 1. The fourth-order valence-electron chi connectivity index (χ4n) is 3.45. The maximum atomic E-state index is 14.3. The van der Waals surface area contributed by atoms with Gasteiger partial charge in [-0.05, 0) is 30.2 Å². The highest BCUT2D eigenvalue weighted by Gasteiger charge is 2.23. The van der Waals surface area contributed by atoms with Crippen LogP contribution in [0.1, 0.15) is 49.7 Å². The first-order valence-corrected chi connectivity index (χ1v) is 9.28. The summed E-state index contributed by atoms with van der Waals surface area (Å²) in [6.07, 6.45) is 4.30. The molecule has 0 aliphatic heterocycles. The number of halogens is 5. The molecule has 0 spiro atoms. The van der Waals surface area contributed by atoms with Crippen LogP contribution >= 0.6 is 0 Å². The lowest BCUT2D eigenvalue weighted by Gasteiger charge is -2.26. The minimum atomic E-state index is -1.85. The third-order valence-electron chi connectivity index (χ3n) is 5.19. The summed E-state index contributed by atoms with van der Waals surface area (Å²) in [6.45, 7) is 2.20. The van der Waals surface area contributed by atoms with Crippen LogP contribution in [0.4, 0.5) is 22.0 Å². The van der Waals surface area contributed by atoms with E-state index in [-0.39, 0.29) is 5.56 Å². The average molecular weight is 410 g/mol. The molecular weight excluding hydrogens is 391 g/mol. The van der Waals surface area contributed by atoms with Gasteiger partial charge in [-0.3, -0.25) is 0 Å². The van der Waals surface area contributed by atoms with Crippen molar-refractivity contribution < 1.29 is 31.5 Å². The van der Waals surface area contributed by atoms with Crippen LogP contribution < -0.4 is 4.74 Å². The van der Waals surface area contributed by atoms with Gasteiger partial charge in [0.05, 0.1) is 0 Å². The topological polar surface area (TPSA) is 26.3 Å².